The molecule has 0 aliphatic carbocycles. The molecule has 1 amide bonds. The summed E-state index contributed by atoms with van der Waals surface area (Å²) < 4.78 is 7.95. The van der Waals surface area contributed by atoms with Crippen LogP contribution in [-0.2, 0) is 9.53 Å². The van der Waals surface area contributed by atoms with Crippen molar-refractivity contribution in [3.63, 3.8) is 0 Å². The monoisotopic (exact) mass is 388 g/mol. The lowest BCUT2D eigenvalue weighted by molar-refractivity contribution is -0.124. The second kappa shape index (κ2) is 8.70. The summed E-state index contributed by atoms with van der Waals surface area (Å²) in [6.45, 7) is 9.63. The molecule has 8 nitrogen and oxygen atoms in total. The summed E-state index contributed by atoms with van der Waals surface area (Å²) in [5, 5.41) is 3.35. The van der Waals surface area contributed by atoms with E-state index >= 15 is 0 Å². The van der Waals surface area contributed by atoms with Gasteiger partial charge in [0.2, 0.25) is 5.91 Å². The topological polar surface area (TPSA) is 85.6 Å². The normalized spacial score (nSPS) is 16.4. The van der Waals surface area contributed by atoms with E-state index in [1.54, 1.807) is 45.0 Å². The Bertz CT molecular complexity index is 957. The fraction of sp³-hybridized carbons (Fsp3) is 0.550. The quantitative estimate of drug-likeness (QED) is 0.789. The zero-order chi connectivity index (χ0) is 20.3. The van der Waals surface area contributed by atoms with Crippen LogP contribution in [-0.4, -0.2) is 59.3 Å². The highest BCUT2D eigenvalue weighted by Crippen LogP contribution is 2.14. The van der Waals surface area contributed by atoms with E-state index in [-0.39, 0.29) is 17.5 Å². The number of nitrogens with zero attached hydrogens (tertiary/aromatic N) is 3. The van der Waals surface area contributed by atoms with Gasteiger partial charge in [-0.1, -0.05) is 12.1 Å². The molecule has 2 heterocycles. The molecule has 0 spiro atoms. The minimum Gasteiger partial charge on any atom is -0.379 e. The van der Waals surface area contributed by atoms with Crippen LogP contribution in [0.2, 0.25) is 0 Å². The van der Waals surface area contributed by atoms with E-state index in [2.05, 4.69) is 10.2 Å². The number of amides is 1. The molecule has 28 heavy (non-hydrogen) atoms. The highest BCUT2D eigenvalue weighted by molar-refractivity contribution is 5.84. The van der Waals surface area contributed by atoms with Crippen LogP contribution < -0.4 is 16.6 Å². The molecule has 1 atom stereocenters. The summed E-state index contributed by atoms with van der Waals surface area (Å²) in [5.74, 6) is -0.241. The van der Waals surface area contributed by atoms with Gasteiger partial charge >= 0.3 is 5.69 Å². The van der Waals surface area contributed by atoms with Crippen LogP contribution in [0.3, 0.4) is 0 Å². The molecule has 1 fully saturated rings. The first-order valence-corrected chi connectivity index (χ1v) is 9.75. The number of carbonyl (C=O) groups is 1. The maximum atomic E-state index is 13.0. The van der Waals surface area contributed by atoms with E-state index in [1.807, 2.05) is 0 Å². The molecule has 0 saturated carbocycles. The van der Waals surface area contributed by atoms with Gasteiger partial charge in [-0.3, -0.25) is 23.6 Å². The minimum absolute atomic E-state index is 0.241. The van der Waals surface area contributed by atoms with Crippen LogP contribution >= 0.6 is 0 Å². The number of rotatable bonds is 6. The van der Waals surface area contributed by atoms with Crippen molar-refractivity contribution in [1.29, 1.82) is 0 Å². The molecule has 1 aromatic carbocycles. The van der Waals surface area contributed by atoms with E-state index in [9.17, 15) is 14.4 Å². The summed E-state index contributed by atoms with van der Waals surface area (Å²) in [7, 11) is 0. The Balaban J connectivity index is 1.86. The van der Waals surface area contributed by atoms with Crippen molar-refractivity contribution in [1.82, 2.24) is 19.4 Å². The zero-order valence-electron chi connectivity index (χ0n) is 16.7. The third-order valence-corrected chi connectivity index (χ3v) is 5.14. The van der Waals surface area contributed by atoms with Crippen LogP contribution in [0.15, 0.2) is 33.9 Å². The Morgan fingerprint density at radius 3 is 2.46 bits per heavy atom. The SMILES string of the molecule is CC(C)n1c(=O)c2ccccc2n([C@H](C)C(=O)NCCN2CCOCC2)c1=O. The molecule has 1 aliphatic rings. The number of benzene rings is 1. The lowest BCUT2D eigenvalue weighted by atomic mass is 10.2. The summed E-state index contributed by atoms with van der Waals surface area (Å²) in [6, 6.07) is 5.90. The molecular weight excluding hydrogens is 360 g/mol. The van der Waals surface area contributed by atoms with Gasteiger partial charge in [0, 0.05) is 32.2 Å². The van der Waals surface area contributed by atoms with Crippen molar-refractivity contribution < 1.29 is 9.53 Å². The first kappa shape index (κ1) is 20.3. The number of carbonyl (C=O) groups excluding carboxylic acids is 1. The summed E-state index contributed by atoms with van der Waals surface area (Å²) in [5.41, 5.74) is -0.313. The third kappa shape index (κ3) is 4.02. The molecule has 0 radical (unpaired) electrons. The highest BCUT2D eigenvalue weighted by atomic mass is 16.5. The third-order valence-electron chi connectivity index (χ3n) is 5.14. The number of morpholine rings is 1. The molecule has 3 rings (SSSR count). The van der Waals surface area contributed by atoms with Crippen molar-refractivity contribution in [3.8, 4) is 0 Å². The number of hydrogen-bond donors (Lipinski definition) is 1. The second-order valence-corrected chi connectivity index (χ2v) is 7.36. The molecule has 1 aromatic heterocycles. The predicted molar refractivity (Wildman–Crippen MR) is 108 cm³/mol. The molecule has 8 heteroatoms. The number of aromatic nitrogens is 2. The van der Waals surface area contributed by atoms with Crippen LogP contribution in [0.5, 0.6) is 0 Å². The van der Waals surface area contributed by atoms with Crippen molar-refractivity contribution in [2.75, 3.05) is 39.4 Å². The van der Waals surface area contributed by atoms with Gasteiger partial charge in [-0.2, -0.15) is 0 Å². The summed E-state index contributed by atoms with van der Waals surface area (Å²) >= 11 is 0. The Hall–Kier alpha value is -2.45. The van der Waals surface area contributed by atoms with E-state index < -0.39 is 11.7 Å². The lowest BCUT2D eigenvalue weighted by Gasteiger charge is -2.27. The molecular formula is C20H28N4O4. The molecule has 1 saturated heterocycles. The Labute approximate surface area is 163 Å². The van der Waals surface area contributed by atoms with Gasteiger partial charge in [0.1, 0.15) is 6.04 Å². The number of nitrogens with one attached hydrogen (secondary N) is 1. The van der Waals surface area contributed by atoms with Crippen molar-refractivity contribution in [3.05, 3.63) is 45.1 Å². The average Bonchev–Trinajstić information content (AvgIpc) is 2.68. The van der Waals surface area contributed by atoms with Gasteiger partial charge < -0.3 is 10.1 Å². The Kier molecular flexibility index (Phi) is 6.31. The number of fused-ring (bicyclic) bond motifs is 1. The van der Waals surface area contributed by atoms with Gasteiger partial charge in [-0.15, -0.1) is 0 Å². The lowest BCUT2D eigenvalue weighted by Crippen LogP contribution is -2.46. The molecule has 1 aliphatic heterocycles. The van der Waals surface area contributed by atoms with Crippen molar-refractivity contribution >= 4 is 16.8 Å². The molecule has 0 bridgehead atoms. The van der Waals surface area contributed by atoms with Crippen LogP contribution in [0.4, 0.5) is 0 Å². The fourth-order valence-corrected chi connectivity index (χ4v) is 3.56. The Morgan fingerprint density at radius 1 is 1.11 bits per heavy atom. The molecule has 0 unspecified atom stereocenters. The molecule has 2 aromatic rings. The molecule has 152 valence electrons. The first-order valence-electron chi connectivity index (χ1n) is 9.75. The highest BCUT2D eigenvalue weighted by Gasteiger charge is 2.23. The van der Waals surface area contributed by atoms with E-state index in [0.29, 0.717) is 30.7 Å². The zero-order valence-corrected chi connectivity index (χ0v) is 16.7. The van der Waals surface area contributed by atoms with Gasteiger partial charge in [-0.05, 0) is 32.9 Å². The maximum Gasteiger partial charge on any atom is 0.332 e. The number of para-hydroxylation sites is 1. The maximum absolute atomic E-state index is 13.0. The standard InChI is InChI=1S/C20H28N4O4/c1-14(2)23-19(26)16-6-4-5-7-17(16)24(20(23)27)15(3)18(25)21-8-9-22-10-12-28-13-11-22/h4-7,14-15H,8-13H2,1-3H3,(H,21,25)/t15-/m1/s1. The summed E-state index contributed by atoms with van der Waals surface area (Å²) in [4.78, 5) is 40.7. The fourth-order valence-electron chi connectivity index (χ4n) is 3.56. The number of hydrogen-bond acceptors (Lipinski definition) is 5. The van der Waals surface area contributed by atoms with Crippen LogP contribution in [0, 0.1) is 0 Å². The second-order valence-electron chi connectivity index (χ2n) is 7.36. The van der Waals surface area contributed by atoms with E-state index in [0.717, 1.165) is 19.6 Å². The van der Waals surface area contributed by atoms with Gasteiger partial charge in [-0.25, -0.2) is 4.79 Å². The Morgan fingerprint density at radius 2 is 1.79 bits per heavy atom. The van der Waals surface area contributed by atoms with Crippen molar-refractivity contribution in [2.24, 2.45) is 0 Å². The smallest absolute Gasteiger partial charge is 0.332 e. The van der Waals surface area contributed by atoms with E-state index in [4.69, 9.17) is 4.74 Å². The average molecular weight is 388 g/mol. The predicted octanol–water partition coefficient (Wildman–Crippen LogP) is 0.754. The minimum atomic E-state index is -0.729. The van der Waals surface area contributed by atoms with Gasteiger partial charge in [0.25, 0.3) is 5.56 Å². The van der Waals surface area contributed by atoms with Crippen LogP contribution in [0.25, 0.3) is 10.9 Å². The van der Waals surface area contributed by atoms with E-state index in [1.165, 1.54) is 9.13 Å². The van der Waals surface area contributed by atoms with Crippen molar-refractivity contribution in [2.45, 2.75) is 32.9 Å². The summed E-state index contributed by atoms with van der Waals surface area (Å²) in [6.07, 6.45) is 0. The largest absolute Gasteiger partial charge is 0.379 e. The first-order chi connectivity index (χ1) is 13.4. The number of ether oxygens (including phenoxy) is 1. The van der Waals surface area contributed by atoms with Gasteiger partial charge in [0.05, 0.1) is 24.1 Å². The van der Waals surface area contributed by atoms with Gasteiger partial charge in [0.15, 0.2) is 0 Å². The molecule has 1 N–H and O–H groups in total. The van der Waals surface area contributed by atoms with Crippen LogP contribution in [0.1, 0.15) is 32.9 Å².